The van der Waals surface area contributed by atoms with E-state index in [2.05, 4.69) is 10.6 Å². The van der Waals surface area contributed by atoms with Gasteiger partial charge in [-0.1, -0.05) is 48.5 Å². The van der Waals surface area contributed by atoms with Gasteiger partial charge in [-0.05, 0) is 61.8 Å². The molecule has 1 fully saturated rings. The van der Waals surface area contributed by atoms with Gasteiger partial charge in [0, 0.05) is 12.5 Å². The lowest BCUT2D eigenvalue weighted by Crippen LogP contribution is -2.47. The van der Waals surface area contributed by atoms with Crippen LogP contribution in [0.4, 0.5) is 9.59 Å². The number of aliphatic carboxylic acids is 1. The molecule has 37 heavy (non-hydrogen) atoms. The van der Waals surface area contributed by atoms with Gasteiger partial charge in [0.05, 0.1) is 12.7 Å². The molecule has 0 spiro atoms. The molecule has 0 bridgehead atoms. The normalized spacial score (nSPS) is 19.1. The van der Waals surface area contributed by atoms with E-state index in [4.69, 9.17) is 14.2 Å². The van der Waals surface area contributed by atoms with Crippen molar-refractivity contribution in [3.63, 3.8) is 0 Å². The van der Waals surface area contributed by atoms with E-state index in [-0.39, 0.29) is 31.2 Å². The summed E-state index contributed by atoms with van der Waals surface area (Å²) in [5.41, 5.74) is 3.83. The fraction of sp³-hybridized carbons (Fsp3) is 0.464. The van der Waals surface area contributed by atoms with Gasteiger partial charge in [0.1, 0.15) is 12.2 Å². The van der Waals surface area contributed by atoms with Gasteiger partial charge < -0.3 is 30.0 Å². The smallest absolute Gasteiger partial charge is 0.407 e. The number of nitrogens with one attached hydrogen (secondary N) is 2. The maximum Gasteiger partial charge on any atom is 0.407 e. The van der Waals surface area contributed by atoms with Crippen LogP contribution in [-0.4, -0.2) is 60.8 Å². The third-order valence-corrected chi connectivity index (χ3v) is 6.56. The molecule has 4 rings (SSSR count). The Hall–Kier alpha value is -3.59. The van der Waals surface area contributed by atoms with E-state index in [0.717, 1.165) is 22.3 Å². The van der Waals surface area contributed by atoms with Gasteiger partial charge in [-0.3, -0.25) is 0 Å². The minimum absolute atomic E-state index is 0.0992. The first-order chi connectivity index (χ1) is 17.6. The second kappa shape index (κ2) is 11.2. The molecular weight excluding hydrogens is 476 g/mol. The Balaban J connectivity index is 1.20. The Bertz CT molecular complexity index is 1090. The van der Waals surface area contributed by atoms with Crippen LogP contribution < -0.4 is 10.6 Å². The lowest BCUT2D eigenvalue weighted by atomic mass is 9.82. The zero-order chi connectivity index (χ0) is 26.6. The fourth-order valence-electron chi connectivity index (χ4n) is 4.71. The Morgan fingerprint density at radius 1 is 0.973 bits per heavy atom. The fourth-order valence-corrected chi connectivity index (χ4v) is 4.71. The SMILES string of the molecule is CC(C)(C)OC(=O)NCC1CC(OC[C@H](NC(=O)OCC2c3ccccc3-c3ccccc32)C(=O)O)C1. The van der Waals surface area contributed by atoms with Gasteiger partial charge in [-0.2, -0.15) is 0 Å². The molecule has 2 aliphatic carbocycles. The van der Waals surface area contributed by atoms with Crippen LogP contribution in [0.25, 0.3) is 11.1 Å². The van der Waals surface area contributed by atoms with E-state index in [1.165, 1.54) is 0 Å². The number of carbonyl (C=O) groups is 3. The van der Waals surface area contributed by atoms with E-state index < -0.39 is 29.8 Å². The molecule has 2 aliphatic rings. The highest BCUT2D eigenvalue weighted by atomic mass is 16.6. The summed E-state index contributed by atoms with van der Waals surface area (Å²) in [4.78, 5) is 35.9. The number of benzene rings is 2. The molecule has 1 saturated carbocycles. The molecule has 0 aliphatic heterocycles. The summed E-state index contributed by atoms with van der Waals surface area (Å²) in [6.07, 6.45) is -0.0159. The van der Waals surface area contributed by atoms with Crippen molar-refractivity contribution >= 4 is 18.2 Å². The van der Waals surface area contributed by atoms with Crippen molar-refractivity contribution in [1.29, 1.82) is 0 Å². The molecule has 2 aromatic rings. The third kappa shape index (κ3) is 6.80. The van der Waals surface area contributed by atoms with Crippen molar-refractivity contribution in [2.75, 3.05) is 19.8 Å². The van der Waals surface area contributed by atoms with Crippen LogP contribution in [0.3, 0.4) is 0 Å². The average Bonchev–Trinajstić information content (AvgIpc) is 3.13. The van der Waals surface area contributed by atoms with E-state index in [9.17, 15) is 19.5 Å². The van der Waals surface area contributed by atoms with Gasteiger partial charge >= 0.3 is 18.2 Å². The van der Waals surface area contributed by atoms with Crippen molar-refractivity contribution in [3.05, 3.63) is 59.7 Å². The molecule has 0 radical (unpaired) electrons. The highest BCUT2D eigenvalue weighted by Gasteiger charge is 2.33. The van der Waals surface area contributed by atoms with Crippen LogP contribution in [0.5, 0.6) is 0 Å². The van der Waals surface area contributed by atoms with Crippen LogP contribution >= 0.6 is 0 Å². The predicted molar refractivity (Wildman–Crippen MR) is 136 cm³/mol. The van der Waals surface area contributed by atoms with Gasteiger partial charge in [-0.25, -0.2) is 14.4 Å². The molecule has 0 unspecified atom stereocenters. The second-order valence-electron chi connectivity index (χ2n) is 10.5. The molecule has 9 nitrogen and oxygen atoms in total. The van der Waals surface area contributed by atoms with Crippen LogP contribution in [0.15, 0.2) is 48.5 Å². The summed E-state index contributed by atoms with van der Waals surface area (Å²) >= 11 is 0. The van der Waals surface area contributed by atoms with Gasteiger partial charge in [-0.15, -0.1) is 0 Å². The number of carbonyl (C=O) groups excluding carboxylic acids is 2. The Labute approximate surface area is 216 Å². The zero-order valence-corrected chi connectivity index (χ0v) is 21.4. The van der Waals surface area contributed by atoms with Crippen LogP contribution in [-0.2, 0) is 19.0 Å². The molecule has 2 aromatic carbocycles. The first-order valence-electron chi connectivity index (χ1n) is 12.5. The molecule has 0 saturated heterocycles. The minimum atomic E-state index is -1.23. The minimum Gasteiger partial charge on any atom is -0.480 e. The van der Waals surface area contributed by atoms with Gasteiger partial charge in [0.25, 0.3) is 0 Å². The van der Waals surface area contributed by atoms with Crippen LogP contribution in [0.2, 0.25) is 0 Å². The van der Waals surface area contributed by atoms with E-state index >= 15 is 0 Å². The van der Waals surface area contributed by atoms with E-state index in [1.807, 2.05) is 48.5 Å². The number of carboxylic acids is 1. The standard InChI is InChI=1S/C28H34N2O7/c1-28(2,3)37-26(33)29-14-17-12-18(13-17)35-16-24(25(31)32)30-27(34)36-15-23-21-10-6-4-8-19(21)20-9-5-7-11-22(20)23/h4-11,17-18,23-24H,12-16H2,1-3H3,(H,29,33)(H,30,34)(H,31,32)/t17?,18?,24-/m0/s1. The Kier molecular flexibility index (Phi) is 8.02. The number of alkyl carbamates (subject to hydrolysis) is 2. The van der Waals surface area contributed by atoms with E-state index in [1.54, 1.807) is 20.8 Å². The number of rotatable bonds is 9. The molecule has 198 valence electrons. The molecule has 1 atom stereocenters. The lowest BCUT2D eigenvalue weighted by Gasteiger charge is -2.35. The molecule has 2 amide bonds. The van der Waals surface area contributed by atoms with Crippen molar-refractivity contribution in [3.8, 4) is 11.1 Å². The summed E-state index contributed by atoms with van der Waals surface area (Å²) in [5, 5.41) is 14.7. The van der Waals surface area contributed by atoms with Crippen LogP contribution in [0.1, 0.15) is 50.7 Å². The van der Waals surface area contributed by atoms with Crippen molar-refractivity contribution < 1.29 is 33.7 Å². The van der Waals surface area contributed by atoms with Gasteiger partial charge in [0.2, 0.25) is 0 Å². The topological polar surface area (TPSA) is 123 Å². The lowest BCUT2D eigenvalue weighted by molar-refractivity contribution is -0.142. The average molecular weight is 511 g/mol. The number of hydrogen-bond acceptors (Lipinski definition) is 6. The highest BCUT2D eigenvalue weighted by molar-refractivity contribution is 5.81. The first kappa shape index (κ1) is 26.5. The zero-order valence-electron chi connectivity index (χ0n) is 21.4. The number of carboxylic acid groups (broad SMARTS) is 1. The van der Waals surface area contributed by atoms with Crippen molar-refractivity contribution in [1.82, 2.24) is 10.6 Å². The third-order valence-electron chi connectivity index (χ3n) is 6.56. The highest BCUT2D eigenvalue weighted by Crippen LogP contribution is 2.44. The second-order valence-corrected chi connectivity index (χ2v) is 10.5. The molecule has 0 heterocycles. The number of hydrogen-bond donors (Lipinski definition) is 3. The summed E-state index contributed by atoms with van der Waals surface area (Å²) in [5.74, 6) is -1.08. The Morgan fingerprint density at radius 3 is 2.14 bits per heavy atom. The van der Waals surface area contributed by atoms with Gasteiger partial charge in [0.15, 0.2) is 6.04 Å². The molecule has 9 heteroatoms. The summed E-state index contributed by atoms with van der Waals surface area (Å²) in [6.45, 7) is 5.80. The molecular formula is C28H34N2O7. The Morgan fingerprint density at radius 2 is 1.57 bits per heavy atom. The summed E-state index contributed by atoms with van der Waals surface area (Å²) in [7, 11) is 0. The first-order valence-corrected chi connectivity index (χ1v) is 12.5. The largest absolute Gasteiger partial charge is 0.480 e. The predicted octanol–water partition coefficient (Wildman–Crippen LogP) is 4.30. The quantitative estimate of drug-likeness (QED) is 0.460. The van der Waals surface area contributed by atoms with Crippen molar-refractivity contribution in [2.24, 2.45) is 5.92 Å². The van der Waals surface area contributed by atoms with E-state index in [0.29, 0.717) is 19.4 Å². The maximum atomic E-state index is 12.5. The van der Waals surface area contributed by atoms with Crippen molar-refractivity contribution in [2.45, 2.75) is 57.3 Å². The molecule has 3 N–H and O–H groups in total. The van der Waals surface area contributed by atoms with Crippen LogP contribution in [0, 0.1) is 5.92 Å². The number of ether oxygens (including phenoxy) is 3. The summed E-state index contributed by atoms with van der Waals surface area (Å²) in [6, 6.07) is 14.8. The summed E-state index contributed by atoms with van der Waals surface area (Å²) < 4.78 is 16.4. The molecule has 0 aromatic heterocycles. The number of fused-ring (bicyclic) bond motifs is 3. The monoisotopic (exact) mass is 510 g/mol. The number of amides is 2. The maximum absolute atomic E-state index is 12.5.